The maximum absolute atomic E-state index is 11.5. The van der Waals surface area contributed by atoms with Crippen LogP contribution < -0.4 is 10.1 Å². The predicted octanol–water partition coefficient (Wildman–Crippen LogP) is 2.17. The third-order valence-corrected chi connectivity index (χ3v) is 3.04. The molecule has 0 bridgehead atoms. The number of aryl methyl sites for hydroxylation is 2. The van der Waals surface area contributed by atoms with Gasteiger partial charge in [-0.15, -0.1) is 0 Å². The molecular formula is C12H13N3O2S. The monoisotopic (exact) mass is 263 g/mol. The van der Waals surface area contributed by atoms with E-state index in [0.717, 1.165) is 17.1 Å². The molecule has 0 spiro atoms. The Morgan fingerprint density at radius 2 is 2.22 bits per heavy atom. The van der Waals surface area contributed by atoms with Gasteiger partial charge in [-0.2, -0.15) is 4.37 Å². The second-order valence-corrected chi connectivity index (χ2v) is 4.61. The van der Waals surface area contributed by atoms with Crippen LogP contribution in [0.5, 0.6) is 5.75 Å². The van der Waals surface area contributed by atoms with Gasteiger partial charge in [-0.25, -0.2) is 4.98 Å². The topological polar surface area (TPSA) is 64.1 Å². The van der Waals surface area contributed by atoms with Gasteiger partial charge in [0.1, 0.15) is 12.1 Å². The molecule has 5 nitrogen and oxygen atoms in total. The van der Waals surface area contributed by atoms with Gasteiger partial charge in [-0.05, 0) is 37.1 Å². The first-order valence-electron chi connectivity index (χ1n) is 5.42. The molecule has 0 fully saturated rings. The third-order valence-electron chi connectivity index (χ3n) is 2.46. The number of carbonyl (C=O) groups is 1. The standard InChI is InChI=1S/C12H13N3O2S/c1-8-3-4-10(5-9(8)2)17-6-11(16)15-12-13-7-14-18-12/h3-5,7H,6H2,1-2H3,(H,13,14,15,16). The molecule has 0 aliphatic rings. The van der Waals surface area contributed by atoms with Gasteiger partial charge in [0.25, 0.3) is 5.91 Å². The molecule has 2 rings (SSSR count). The summed E-state index contributed by atoms with van der Waals surface area (Å²) in [6.45, 7) is 3.99. The van der Waals surface area contributed by atoms with E-state index in [1.54, 1.807) is 0 Å². The van der Waals surface area contributed by atoms with Crippen molar-refractivity contribution in [3.8, 4) is 5.75 Å². The van der Waals surface area contributed by atoms with Crippen LogP contribution in [0, 0.1) is 13.8 Å². The maximum Gasteiger partial charge on any atom is 0.264 e. The molecular weight excluding hydrogens is 250 g/mol. The molecule has 0 atom stereocenters. The highest BCUT2D eigenvalue weighted by Gasteiger charge is 2.06. The average Bonchev–Trinajstić information content (AvgIpc) is 2.83. The number of nitrogens with zero attached hydrogens (tertiary/aromatic N) is 2. The summed E-state index contributed by atoms with van der Waals surface area (Å²) in [5, 5.41) is 3.07. The average molecular weight is 263 g/mol. The second-order valence-electron chi connectivity index (χ2n) is 3.83. The smallest absolute Gasteiger partial charge is 0.264 e. The number of aromatic nitrogens is 2. The maximum atomic E-state index is 11.5. The summed E-state index contributed by atoms with van der Waals surface area (Å²) in [6.07, 6.45) is 1.39. The first-order valence-corrected chi connectivity index (χ1v) is 6.19. The molecule has 18 heavy (non-hydrogen) atoms. The van der Waals surface area contributed by atoms with E-state index in [4.69, 9.17) is 4.74 Å². The largest absolute Gasteiger partial charge is 0.484 e. The van der Waals surface area contributed by atoms with E-state index >= 15 is 0 Å². The van der Waals surface area contributed by atoms with Crippen LogP contribution in [-0.4, -0.2) is 21.9 Å². The van der Waals surface area contributed by atoms with E-state index in [-0.39, 0.29) is 12.5 Å². The van der Waals surface area contributed by atoms with Crippen LogP contribution in [0.2, 0.25) is 0 Å². The molecule has 1 amide bonds. The van der Waals surface area contributed by atoms with Crippen LogP contribution >= 0.6 is 11.5 Å². The van der Waals surface area contributed by atoms with E-state index in [0.29, 0.717) is 10.9 Å². The van der Waals surface area contributed by atoms with Crippen molar-refractivity contribution < 1.29 is 9.53 Å². The number of hydrogen-bond acceptors (Lipinski definition) is 5. The number of carbonyl (C=O) groups excluding carboxylic acids is 1. The highest BCUT2D eigenvalue weighted by Crippen LogP contribution is 2.16. The summed E-state index contributed by atoms with van der Waals surface area (Å²) in [5.41, 5.74) is 2.33. The highest BCUT2D eigenvalue weighted by molar-refractivity contribution is 7.09. The molecule has 1 aromatic carbocycles. The van der Waals surface area contributed by atoms with Crippen molar-refractivity contribution >= 4 is 22.6 Å². The van der Waals surface area contributed by atoms with Crippen LogP contribution in [0.3, 0.4) is 0 Å². The molecule has 0 saturated carbocycles. The molecule has 0 aliphatic heterocycles. The molecule has 0 radical (unpaired) electrons. The predicted molar refractivity (Wildman–Crippen MR) is 69.9 cm³/mol. The van der Waals surface area contributed by atoms with Gasteiger partial charge >= 0.3 is 0 Å². The van der Waals surface area contributed by atoms with E-state index in [1.165, 1.54) is 11.9 Å². The van der Waals surface area contributed by atoms with Crippen LogP contribution in [0.15, 0.2) is 24.5 Å². The summed E-state index contributed by atoms with van der Waals surface area (Å²) >= 11 is 1.13. The van der Waals surface area contributed by atoms with E-state index in [1.807, 2.05) is 32.0 Å². The quantitative estimate of drug-likeness (QED) is 0.918. The number of ether oxygens (including phenoxy) is 1. The van der Waals surface area contributed by atoms with Crippen LogP contribution in [-0.2, 0) is 4.79 Å². The lowest BCUT2D eigenvalue weighted by molar-refractivity contribution is -0.118. The van der Waals surface area contributed by atoms with E-state index < -0.39 is 0 Å². The van der Waals surface area contributed by atoms with Gasteiger partial charge in [0, 0.05) is 11.5 Å². The zero-order valence-electron chi connectivity index (χ0n) is 10.1. The Labute approximate surface area is 109 Å². The lowest BCUT2D eigenvalue weighted by Gasteiger charge is -2.07. The summed E-state index contributed by atoms with van der Waals surface area (Å²) in [4.78, 5) is 15.4. The normalized spacial score (nSPS) is 10.1. The summed E-state index contributed by atoms with van der Waals surface area (Å²) in [5.74, 6) is 0.440. The molecule has 94 valence electrons. The number of hydrogen-bond donors (Lipinski definition) is 1. The van der Waals surface area contributed by atoms with Crippen molar-refractivity contribution in [2.75, 3.05) is 11.9 Å². The Hall–Kier alpha value is -1.95. The van der Waals surface area contributed by atoms with Gasteiger partial charge in [0.05, 0.1) is 0 Å². The Morgan fingerprint density at radius 3 is 2.89 bits per heavy atom. The van der Waals surface area contributed by atoms with Gasteiger partial charge in [0.15, 0.2) is 6.61 Å². The van der Waals surface area contributed by atoms with Crippen molar-refractivity contribution in [2.45, 2.75) is 13.8 Å². The zero-order valence-corrected chi connectivity index (χ0v) is 11.0. The SMILES string of the molecule is Cc1ccc(OCC(=O)Nc2ncns2)cc1C. The number of anilines is 1. The molecule has 0 saturated heterocycles. The summed E-state index contributed by atoms with van der Waals surface area (Å²) in [6, 6.07) is 5.72. The van der Waals surface area contributed by atoms with Gasteiger partial charge in [-0.1, -0.05) is 6.07 Å². The number of rotatable bonds is 4. The minimum atomic E-state index is -0.245. The second kappa shape index (κ2) is 5.59. The summed E-state index contributed by atoms with van der Waals surface area (Å²) < 4.78 is 9.19. The summed E-state index contributed by atoms with van der Waals surface area (Å²) in [7, 11) is 0. The zero-order chi connectivity index (χ0) is 13.0. The van der Waals surface area contributed by atoms with Crippen molar-refractivity contribution in [3.05, 3.63) is 35.7 Å². The fraction of sp³-hybridized carbons (Fsp3) is 0.250. The molecule has 0 unspecified atom stereocenters. The first-order chi connectivity index (χ1) is 8.65. The Morgan fingerprint density at radius 1 is 1.39 bits per heavy atom. The van der Waals surface area contributed by atoms with Crippen LogP contribution in [0.1, 0.15) is 11.1 Å². The van der Waals surface area contributed by atoms with Crippen molar-refractivity contribution in [1.82, 2.24) is 9.36 Å². The first kappa shape index (κ1) is 12.5. The lowest BCUT2D eigenvalue weighted by Crippen LogP contribution is -2.20. The molecule has 1 N–H and O–H groups in total. The highest BCUT2D eigenvalue weighted by atomic mass is 32.1. The van der Waals surface area contributed by atoms with Crippen LogP contribution in [0.4, 0.5) is 5.13 Å². The third kappa shape index (κ3) is 3.27. The van der Waals surface area contributed by atoms with Gasteiger partial charge < -0.3 is 4.74 Å². The molecule has 1 heterocycles. The Balaban J connectivity index is 1.87. The van der Waals surface area contributed by atoms with Crippen molar-refractivity contribution in [2.24, 2.45) is 0 Å². The lowest BCUT2D eigenvalue weighted by atomic mass is 10.1. The molecule has 2 aromatic rings. The fourth-order valence-electron chi connectivity index (χ4n) is 1.34. The van der Waals surface area contributed by atoms with Crippen LogP contribution in [0.25, 0.3) is 0 Å². The Kier molecular flexibility index (Phi) is 3.88. The van der Waals surface area contributed by atoms with Gasteiger partial charge in [0.2, 0.25) is 5.13 Å². The Bertz CT molecular complexity index is 540. The number of benzene rings is 1. The number of amides is 1. The van der Waals surface area contributed by atoms with E-state index in [9.17, 15) is 4.79 Å². The fourth-order valence-corrected chi connectivity index (χ4v) is 1.78. The van der Waals surface area contributed by atoms with Gasteiger partial charge in [-0.3, -0.25) is 10.1 Å². The number of nitrogens with one attached hydrogen (secondary N) is 1. The minimum Gasteiger partial charge on any atom is -0.484 e. The molecule has 0 aliphatic carbocycles. The van der Waals surface area contributed by atoms with Crippen molar-refractivity contribution in [3.63, 3.8) is 0 Å². The molecule has 6 heteroatoms. The van der Waals surface area contributed by atoms with E-state index in [2.05, 4.69) is 14.7 Å². The minimum absolute atomic E-state index is 0.0396. The molecule has 1 aromatic heterocycles. The van der Waals surface area contributed by atoms with Crippen molar-refractivity contribution in [1.29, 1.82) is 0 Å².